The largest absolute Gasteiger partial charge is 0.468 e. The number of benzene rings is 1. The van der Waals surface area contributed by atoms with Gasteiger partial charge in [-0.3, -0.25) is 4.79 Å². The van der Waals surface area contributed by atoms with Crippen molar-refractivity contribution in [2.45, 2.75) is 30.9 Å². The van der Waals surface area contributed by atoms with Crippen molar-refractivity contribution in [1.29, 1.82) is 0 Å². The summed E-state index contributed by atoms with van der Waals surface area (Å²) >= 11 is 0. The maximum absolute atomic E-state index is 13.0. The Bertz CT molecular complexity index is 763. The van der Waals surface area contributed by atoms with Crippen LogP contribution in [0.3, 0.4) is 0 Å². The highest BCUT2D eigenvalue weighted by Gasteiger charge is 2.32. The Morgan fingerprint density at radius 1 is 1.27 bits per heavy atom. The van der Waals surface area contributed by atoms with E-state index in [9.17, 15) is 13.2 Å². The van der Waals surface area contributed by atoms with Gasteiger partial charge in [-0.25, -0.2) is 8.42 Å². The highest BCUT2D eigenvalue weighted by Crippen LogP contribution is 2.31. The van der Waals surface area contributed by atoms with Gasteiger partial charge in [0.15, 0.2) is 9.84 Å². The number of hydrogen-bond donors (Lipinski definition) is 1. The lowest BCUT2D eigenvalue weighted by atomic mass is 10.2. The molecule has 22 heavy (non-hydrogen) atoms. The van der Waals surface area contributed by atoms with Gasteiger partial charge >= 0.3 is 0 Å². The van der Waals surface area contributed by atoms with Crippen molar-refractivity contribution in [2.24, 2.45) is 0 Å². The van der Waals surface area contributed by atoms with E-state index in [0.717, 1.165) is 5.56 Å². The Hall–Kier alpha value is -2.08. The molecule has 2 rings (SSSR count). The molecule has 0 radical (unpaired) electrons. The summed E-state index contributed by atoms with van der Waals surface area (Å²) in [6.07, 6.45) is 1.43. The van der Waals surface area contributed by atoms with E-state index < -0.39 is 15.1 Å². The Kier molecular flexibility index (Phi) is 4.71. The number of carbonyl (C=O) groups is 1. The van der Waals surface area contributed by atoms with Gasteiger partial charge in [-0.2, -0.15) is 0 Å². The summed E-state index contributed by atoms with van der Waals surface area (Å²) in [6, 6.07) is 8.53. The molecule has 0 bridgehead atoms. The molecular weight excluding hydrogens is 302 g/mol. The molecule has 0 spiro atoms. The lowest BCUT2D eigenvalue weighted by Gasteiger charge is -2.18. The number of amides is 1. The number of hydrogen-bond acceptors (Lipinski definition) is 4. The zero-order chi connectivity index (χ0) is 16.3. The molecule has 5 nitrogen and oxygen atoms in total. The van der Waals surface area contributed by atoms with Gasteiger partial charge in [0, 0.05) is 13.5 Å². The smallest absolute Gasteiger partial charge is 0.216 e. The molecule has 1 N–H and O–H groups in total. The molecule has 2 aromatic rings. The van der Waals surface area contributed by atoms with Gasteiger partial charge in [0.05, 0.1) is 11.2 Å². The lowest BCUT2D eigenvalue weighted by molar-refractivity contribution is -0.118. The minimum absolute atomic E-state index is 0.0292. The fraction of sp³-hybridized carbons (Fsp3) is 0.312. The van der Waals surface area contributed by atoms with Gasteiger partial charge in [0.25, 0.3) is 0 Å². The molecule has 1 atom stereocenters. The first kappa shape index (κ1) is 16.3. The Morgan fingerprint density at radius 3 is 2.59 bits per heavy atom. The summed E-state index contributed by atoms with van der Waals surface area (Å²) in [5.41, 5.74) is 1.53. The van der Waals surface area contributed by atoms with Gasteiger partial charge in [0.2, 0.25) is 5.91 Å². The first-order valence-corrected chi connectivity index (χ1v) is 8.46. The van der Waals surface area contributed by atoms with Crippen LogP contribution in [0.2, 0.25) is 0 Å². The van der Waals surface area contributed by atoms with Crippen LogP contribution in [-0.4, -0.2) is 20.9 Å². The minimum atomic E-state index is -3.68. The van der Waals surface area contributed by atoms with Crippen LogP contribution in [-0.2, 0) is 14.6 Å². The van der Waals surface area contributed by atoms with Crippen LogP contribution >= 0.6 is 0 Å². The van der Waals surface area contributed by atoms with Crippen LogP contribution in [0.4, 0.5) is 0 Å². The van der Waals surface area contributed by atoms with Gasteiger partial charge in [-0.05, 0) is 43.2 Å². The molecular formula is C16H19NO4S. The fourth-order valence-electron chi connectivity index (χ4n) is 2.24. The van der Waals surface area contributed by atoms with Gasteiger partial charge in [-0.15, -0.1) is 0 Å². The molecule has 118 valence electrons. The normalized spacial score (nSPS) is 12.9. The van der Waals surface area contributed by atoms with E-state index in [1.165, 1.54) is 13.2 Å². The Balaban J connectivity index is 2.49. The van der Waals surface area contributed by atoms with Crippen molar-refractivity contribution < 1.29 is 17.6 Å². The number of nitrogens with one attached hydrogen (secondary N) is 1. The van der Waals surface area contributed by atoms with Crippen molar-refractivity contribution in [1.82, 2.24) is 5.32 Å². The molecule has 0 fully saturated rings. The second-order valence-electron chi connectivity index (χ2n) is 5.26. The average molecular weight is 321 g/mol. The average Bonchev–Trinajstić information content (AvgIpc) is 2.95. The maximum atomic E-state index is 13.0. The SMILES string of the molecule is CC(=O)NC[C@@H](c1ccco1)S(=O)(=O)c1cc(C)ccc1C. The van der Waals surface area contributed by atoms with Crippen LogP contribution in [0, 0.1) is 13.8 Å². The third kappa shape index (κ3) is 3.39. The first-order chi connectivity index (χ1) is 10.3. The summed E-state index contributed by atoms with van der Waals surface area (Å²) in [7, 11) is -3.68. The zero-order valence-electron chi connectivity index (χ0n) is 12.8. The number of sulfone groups is 1. The first-order valence-electron chi connectivity index (χ1n) is 6.91. The van der Waals surface area contributed by atoms with E-state index in [2.05, 4.69) is 5.32 Å². The molecule has 0 aliphatic heterocycles. The number of carbonyl (C=O) groups excluding carboxylic acids is 1. The fourth-order valence-corrected chi connectivity index (χ4v) is 4.16. The Morgan fingerprint density at radius 2 is 2.00 bits per heavy atom. The van der Waals surface area contributed by atoms with E-state index in [1.807, 2.05) is 13.0 Å². The molecule has 0 aliphatic carbocycles. The van der Waals surface area contributed by atoms with Crippen LogP contribution < -0.4 is 5.32 Å². The van der Waals surface area contributed by atoms with Crippen molar-refractivity contribution >= 4 is 15.7 Å². The lowest BCUT2D eigenvalue weighted by Crippen LogP contribution is -2.30. The third-order valence-corrected chi connectivity index (χ3v) is 5.62. The van der Waals surface area contributed by atoms with Gasteiger partial charge < -0.3 is 9.73 Å². The van der Waals surface area contributed by atoms with Crippen LogP contribution in [0.1, 0.15) is 29.1 Å². The van der Waals surface area contributed by atoms with Crippen molar-refractivity contribution in [3.63, 3.8) is 0 Å². The predicted octanol–water partition coefficient (Wildman–Crippen LogP) is 2.55. The molecule has 0 saturated heterocycles. The summed E-state index contributed by atoms with van der Waals surface area (Å²) in [5, 5.41) is 1.61. The predicted molar refractivity (Wildman–Crippen MR) is 83.2 cm³/mol. The molecule has 1 heterocycles. The molecule has 0 aliphatic rings. The van der Waals surface area contributed by atoms with E-state index in [-0.39, 0.29) is 17.3 Å². The molecule has 6 heteroatoms. The van der Waals surface area contributed by atoms with Crippen LogP contribution in [0.5, 0.6) is 0 Å². The number of rotatable bonds is 5. The third-order valence-electron chi connectivity index (χ3n) is 3.42. The maximum Gasteiger partial charge on any atom is 0.216 e. The zero-order valence-corrected chi connectivity index (χ0v) is 13.6. The van der Waals surface area contributed by atoms with E-state index >= 15 is 0 Å². The summed E-state index contributed by atoms with van der Waals surface area (Å²) in [5.74, 6) is 0.0300. The van der Waals surface area contributed by atoms with E-state index in [1.54, 1.807) is 31.2 Å². The molecule has 1 aromatic heterocycles. The molecule has 1 aromatic carbocycles. The highest BCUT2D eigenvalue weighted by atomic mass is 32.2. The summed E-state index contributed by atoms with van der Waals surface area (Å²) in [6.45, 7) is 4.92. The van der Waals surface area contributed by atoms with Gasteiger partial charge in [-0.1, -0.05) is 12.1 Å². The van der Waals surface area contributed by atoms with E-state index in [0.29, 0.717) is 11.3 Å². The van der Waals surface area contributed by atoms with Crippen molar-refractivity contribution in [3.05, 3.63) is 53.5 Å². The molecule has 1 amide bonds. The summed E-state index contributed by atoms with van der Waals surface area (Å²) in [4.78, 5) is 11.4. The van der Waals surface area contributed by atoms with Gasteiger partial charge in [0.1, 0.15) is 11.0 Å². The topological polar surface area (TPSA) is 76.4 Å². The van der Waals surface area contributed by atoms with E-state index in [4.69, 9.17) is 4.42 Å². The minimum Gasteiger partial charge on any atom is -0.468 e. The van der Waals surface area contributed by atoms with Crippen LogP contribution in [0.25, 0.3) is 0 Å². The molecule has 0 saturated carbocycles. The van der Waals surface area contributed by atoms with Crippen LogP contribution in [0.15, 0.2) is 45.9 Å². The summed E-state index contributed by atoms with van der Waals surface area (Å²) < 4.78 is 31.3. The monoisotopic (exact) mass is 321 g/mol. The number of aryl methyl sites for hydroxylation is 2. The second-order valence-corrected chi connectivity index (χ2v) is 7.35. The standard InChI is InChI=1S/C16H19NO4S/c1-11-6-7-12(2)15(9-11)22(19,20)16(10-17-13(3)18)14-5-4-8-21-14/h4-9,16H,10H2,1-3H3,(H,17,18)/t16-/m0/s1. The number of furan rings is 1. The Labute approximate surface area is 130 Å². The van der Waals surface area contributed by atoms with Crippen molar-refractivity contribution in [3.8, 4) is 0 Å². The second kappa shape index (κ2) is 6.36. The quantitative estimate of drug-likeness (QED) is 0.918. The van der Waals surface area contributed by atoms with Crippen molar-refractivity contribution in [2.75, 3.05) is 6.54 Å². The molecule has 0 unspecified atom stereocenters. The highest BCUT2D eigenvalue weighted by molar-refractivity contribution is 7.91.